The molecule has 7 nitrogen and oxygen atoms in total. The SMILES string of the molecule is CCNC(=O)[C@H](CC)N(CCc1ccccc1)C(=O)CN(c1cccc(Cl)c1C)S(=O)(=O)c1ccccc1. The van der Waals surface area contributed by atoms with Crippen LogP contribution in [0.1, 0.15) is 31.4 Å². The zero-order valence-electron chi connectivity index (χ0n) is 21.9. The Labute approximate surface area is 230 Å². The summed E-state index contributed by atoms with van der Waals surface area (Å²) >= 11 is 6.35. The molecule has 202 valence electrons. The average Bonchev–Trinajstić information content (AvgIpc) is 2.92. The largest absolute Gasteiger partial charge is 0.355 e. The second-order valence-electron chi connectivity index (χ2n) is 8.85. The average molecular weight is 556 g/mol. The molecule has 0 saturated carbocycles. The lowest BCUT2D eigenvalue weighted by atomic mass is 10.1. The van der Waals surface area contributed by atoms with Crippen LogP contribution in [0.2, 0.25) is 5.02 Å². The normalized spacial score (nSPS) is 12.0. The van der Waals surface area contributed by atoms with Gasteiger partial charge < -0.3 is 10.2 Å². The molecule has 3 rings (SSSR count). The van der Waals surface area contributed by atoms with Crippen LogP contribution in [0, 0.1) is 6.92 Å². The van der Waals surface area contributed by atoms with Crippen LogP contribution in [0.25, 0.3) is 0 Å². The van der Waals surface area contributed by atoms with Crippen molar-refractivity contribution in [3.05, 3.63) is 95.0 Å². The number of rotatable bonds is 12. The molecule has 2 amide bonds. The quantitative estimate of drug-likeness (QED) is 0.347. The molecule has 0 saturated heterocycles. The van der Waals surface area contributed by atoms with Crippen molar-refractivity contribution in [1.82, 2.24) is 10.2 Å². The van der Waals surface area contributed by atoms with E-state index in [2.05, 4.69) is 5.32 Å². The van der Waals surface area contributed by atoms with Crippen molar-refractivity contribution in [3.8, 4) is 0 Å². The van der Waals surface area contributed by atoms with Gasteiger partial charge in [-0.25, -0.2) is 8.42 Å². The highest BCUT2D eigenvalue weighted by molar-refractivity contribution is 7.92. The van der Waals surface area contributed by atoms with Crippen molar-refractivity contribution in [1.29, 1.82) is 0 Å². The highest BCUT2D eigenvalue weighted by Crippen LogP contribution is 2.31. The maximum absolute atomic E-state index is 13.9. The molecule has 0 radical (unpaired) electrons. The molecule has 0 aliphatic rings. The first-order chi connectivity index (χ1) is 18.2. The van der Waals surface area contributed by atoms with Crippen molar-refractivity contribution < 1.29 is 18.0 Å². The van der Waals surface area contributed by atoms with Gasteiger partial charge in [-0.05, 0) is 62.1 Å². The van der Waals surface area contributed by atoms with E-state index < -0.39 is 28.5 Å². The number of benzene rings is 3. The van der Waals surface area contributed by atoms with Gasteiger partial charge in [0.1, 0.15) is 12.6 Å². The number of hydrogen-bond acceptors (Lipinski definition) is 4. The zero-order valence-corrected chi connectivity index (χ0v) is 23.5. The lowest BCUT2D eigenvalue weighted by Crippen LogP contribution is -2.53. The van der Waals surface area contributed by atoms with Gasteiger partial charge in [0.25, 0.3) is 10.0 Å². The van der Waals surface area contributed by atoms with E-state index in [-0.39, 0.29) is 17.3 Å². The van der Waals surface area contributed by atoms with Gasteiger partial charge in [-0.3, -0.25) is 13.9 Å². The smallest absolute Gasteiger partial charge is 0.264 e. The van der Waals surface area contributed by atoms with Gasteiger partial charge in [-0.1, -0.05) is 73.1 Å². The van der Waals surface area contributed by atoms with Gasteiger partial charge in [-0.2, -0.15) is 0 Å². The van der Waals surface area contributed by atoms with Crippen LogP contribution in [-0.2, 0) is 26.0 Å². The molecule has 38 heavy (non-hydrogen) atoms. The second kappa shape index (κ2) is 13.4. The molecule has 0 aliphatic heterocycles. The summed E-state index contributed by atoms with van der Waals surface area (Å²) < 4.78 is 28.8. The number of nitrogens with one attached hydrogen (secondary N) is 1. The van der Waals surface area contributed by atoms with Gasteiger partial charge in [0.2, 0.25) is 11.8 Å². The first-order valence-electron chi connectivity index (χ1n) is 12.6. The Kier molecular flexibility index (Phi) is 10.3. The number of halogens is 1. The van der Waals surface area contributed by atoms with E-state index in [9.17, 15) is 18.0 Å². The molecule has 0 spiro atoms. The predicted molar refractivity (Wildman–Crippen MR) is 152 cm³/mol. The van der Waals surface area contributed by atoms with Crippen LogP contribution in [0.5, 0.6) is 0 Å². The molecule has 0 fully saturated rings. The topological polar surface area (TPSA) is 86.8 Å². The van der Waals surface area contributed by atoms with Crippen LogP contribution in [-0.4, -0.2) is 50.8 Å². The van der Waals surface area contributed by atoms with Gasteiger partial charge in [-0.15, -0.1) is 0 Å². The molecule has 0 bridgehead atoms. The standard InChI is InChI=1S/C29H34ClN3O4S/c1-4-26(29(35)31-5-2)32(20-19-23-13-8-6-9-14-23)28(34)21-33(27-18-12-17-25(30)22(27)3)38(36,37)24-15-10-7-11-16-24/h6-18,26H,4-5,19-21H2,1-3H3,(H,31,35)/t26-/m0/s1. The molecular formula is C29H34ClN3O4S. The Morgan fingerprint density at radius 2 is 1.55 bits per heavy atom. The maximum Gasteiger partial charge on any atom is 0.264 e. The van der Waals surface area contributed by atoms with E-state index in [0.29, 0.717) is 35.7 Å². The molecule has 9 heteroatoms. The minimum absolute atomic E-state index is 0.0544. The molecule has 0 unspecified atom stereocenters. The van der Waals surface area contributed by atoms with Crippen LogP contribution in [0.15, 0.2) is 83.8 Å². The van der Waals surface area contributed by atoms with Crippen molar-refractivity contribution in [3.63, 3.8) is 0 Å². The summed E-state index contributed by atoms with van der Waals surface area (Å²) in [7, 11) is -4.13. The predicted octanol–water partition coefficient (Wildman–Crippen LogP) is 4.83. The Morgan fingerprint density at radius 1 is 0.921 bits per heavy atom. The van der Waals surface area contributed by atoms with Gasteiger partial charge >= 0.3 is 0 Å². The number of carbonyl (C=O) groups excluding carboxylic acids is 2. The molecule has 0 aromatic heterocycles. The fourth-order valence-corrected chi connectivity index (χ4v) is 5.95. The molecule has 1 N–H and O–H groups in total. The third kappa shape index (κ3) is 6.94. The van der Waals surface area contributed by atoms with Crippen LogP contribution >= 0.6 is 11.6 Å². The van der Waals surface area contributed by atoms with E-state index in [4.69, 9.17) is 11.6 Å². The monoisotopic (exact) mass is 555 g/mol. The zero-order chi connectivity index (χ0) is 27.7. The Morgan fingerprint density at radius 3 is 2.16 bits per heavy atom. The lowest BCUT2D eigenvalue weighted by molar-refractivity contribution is -0.139. The number of sulfonamides is 1. The van der Waals surface area contributed by atoms with Crippen LogP contribution < -0.4 is 9.62 Å². The summed E-state index contributed by atoms with van der Waals surface area (Å²) in [5.74, 6) is -0.745. The van der Waals surface area contributed by atoms with E-state index in [1.165, 1.54) is 17.0 Å². The molecule has 1 atom stereocenters. The molecule has 0 aliphatic carbocycles. The van der Waals surface area contributed by atoms with Crippen molar-refractivity contribution >= 4 is 39.1 Å². The van der Waals surface area contributed by atoms with E-state index >= 15 is 0 Å². The van der Waals surface area contributed by atoms with Crippen molar-refractivity contribution in [2.24, 2.45) is 0 Å². The maximum atomic E-state index is 13.9. The molecule has 3 aromatic carbocycles. The van der Waals surface area contributed by atoms with Crippen molar-refractivity contribution in [2.75, 3.05) is 23.9 Å². The minimum atomic E-state index is -4.13. The summed E-state index contributed by atoms with van der Waals surface area (Å²) in [5.41, 5.74) is 1.85. The number of hydrogen-bond donors (Lipinski definition) is 1. The summed E-state index contributed by atoms with van der Waals surface area (Å²) in [5, 5.41) is 3.19. The highest BCUT2D eigenvalue weighted by atomic mass is 35.5. The Hall–Kier alpha value is -3.36. The highest BCUT2D eigenvalue weighted by Gasteiger charge is 2.34. The summed E-state index contributed by atoms with van der Waals surface area (Å²) in [4.78, 5) is 28.4. The second-order valence-corrected chi connectivity index (χ2v) is 11.1. The lowest BCUT2D eigenvalue weighted by Gasteiger charge is -2.33. The Bertz CT molecular complexity index is 1330. The van der Waals surface area contributed by atoms with E-state index in [0.717, 1.165) is 9.87 Å². The first kappa shape index (κ1) is 29.2. The first-order valence-corrected chi connectivity index (χ1v) is 14.5. The summed E-state index contributed by atoms with van der Waals surface area (Å²) in [6.07, 6.45) is 0.901. The Balaban J connectivity index is 2.03. The third-order valence-electron chi connectivity index (χ3n) is 6.34. The van der Waals surface area contributed by atoms with E-state index in [1.54, 1.807) is 43.3 Å². The van der Waals surface area contributed by atoms with Crippen LogP contribution in [0.4, 0.5) is 5.69 Å². The third-order valence-corrected chi connectivity index (χ3v) is 8.52. The van der Waals surface area contributed by atoms with Crippen LogP contribution in [0.3, 0.4) is 0 Å². The van der Waals surface area contributed by atoms with Gasteiger partial charge in [0.15, 0.2) is 0 Å². The molecule has 3 aromatic rings. The fraction of sp³-hybridized carbons (Fsp3) is 0.310. The van der Waals surface area contributed by atoms with Gasteiger partial charge in [0.05, 0.1) is 10.6 Å². The number of nitrogens with zero attached hydrogens (tertiary/aromatic N) is 2. The molecule has 0 heterocycles. The van der Waals surface area contributed by atoms with E-state index in [1.807, 2.05) is 44.2 Å². The number of carbonyl (C=O) groups is 2. The summed E-state index contributed by atoms with van der Waals surface area (Å²) in [6, 6.07) is 21.8. The number of anilines is 1. The molecular weight excluding hydrogens is 522 g/mol. The number of likely N-dealkylation sites (N-methyl/N-ethyl adjacent to an activating group) is 1. The summed E-state index contributed by atoms with van der Waals surface area (Å²) in [6.45, 7) is 5.56. The van der Waals surface area contributed by atoms with Crippen molar-refractivity contribution in [2.45, 2.75) is 44.6 Å². The fourth-order valence-electron chi connectivity index (χ4n) is 4.29. The number of amides is 2. The minimum Gasteiger partial charge on any atom is -0.355 e. The van der Waals surface area contributed by atoms with Gasteiger partial charge in [0, 0.05) is 18.1 Å².